The van der Waals surface area contributed by atoms with Gasteiger partial charge in [-0.1, -0.05) is 30.3 Å². The molecule has 2 aromatic rings. The van der Waals surface area contributed by atoms with Gasteiger partial charge in [-0.05, 0) is 56.5 Å². The van der Waals surface area contributed by atoms with Crippen LogP contribution in [0.25, 0.3) is 0 Å². The summed E-state index contributed by atoms with van der Waals surface area (Å²) in [6.07, 6.45) is 0. The van der Waals surface area contributed by atoms with Crippen molar-refractivity contribution in [2.45, 2.75) is 37.3 Å². The van der Waals surface area contributed by atoms with E-state index in [0.29, 0.717) is 0 Å². The molecule has 0 aliphatic heterocycles. The smallest absolute Gasteiger partial charge is 0.0399 e. The second-order valence-electron chi connectivity index (χ2n) is 5.45. The number of rotatable bonds is 3. The molecule has 0 unspecified atom stereocenters. The number of nitrogens with two attached hydrogens (primary N) is 1. The molecule has 0 spiro atoms. The molecule has 2 N–H and O–H groups in total. The van der Waals surface area contributed by atoms with E-state index in [9.17, 15) is 0 Å². The van der Waals surface area contributed by atoms with Crippen LogP contribution in [0.3, 0.4) is 0 Å². The lowest BCUT2D eigenvalue weighted by Crippen LogP contribution is -2.13. The number of nitrogen functional groups attached to an aromatic ring is 1. The Balaban J connectivity index is 2.34. The second-order valence-corrected chi connectivity index (χ2v) is 7.15. The Labute approximate surface area is 120 Å². The number of hydrogen-bond acceptors (Lipinski definition) is 2. The minimum atomic E-state index is 0.0323. The molecule has 0 aliphatic carbocycles. The van der Waals surface area contributed by atoms with Gasteiger partial charge in [0.25, 0.3) is 0 Å². The van der Waals surface area contributed by atoms with Crippen molar-refractivity contribution in [2.24, 2.45) is 0 Å². The molecule has 1 nitrogen and oxygen atoms in total. The minimum Gasteiger partial charge on any atom is -0.398 e. The summed E-state index contributed by atoms with van der Waals surface area (Å²) in [7, 11) is 0. The lowest BCUT2D eigenvalue weighted by Gasteiger charge is -2.26. The summed E-state index contributed by atoms with van der Waals surface area (Å²) in [4.78, 5) is 1.29. The third-order valence-electron chi connectivity index (χ3n) is 3.41. The summed E-state index contributed by atoms with van der Waals surface area (Å²) >= 11 is 1.88. The number of anilines is 1. The van der Waals surface area contributed by atoms with Crippen LogP contribution in [0.1, 0.15) is 30.5 Å². The van der Waals surface area contributed by atoms with Crippen molar-refractivity contribution in [1.82, 2.24) is 0 Å². The van der Waals surface area contributed by atoms with Gasteiger partial charge in [0.15, 0.2) is 0 Å². The first-order chi connectivity index (χ1) is 8.90. The molecule has 0 saturated carbocycles. The zero-order valence-corrected chi connectivity index (χ0v) is 12.8. The van der Waals surface area contributed by atoms with Gasteiger partial charge >= 0.3 is 0 Å². The Hall–Kier alpha value is -1.41. The molecular formula is C17H21NS. The maximum atomic E-state index is 6.04. The summed E-state index contributed by atoms with van der Waals surface area (Å²) in [5.74, 6) is 0. The molecule has 0 bridgehead atoms. The maximum Gasteiger partial charge on any atom is 0.0399 e. The first-order valence-corrected chi connectivity index (χ1v) is 7.33. The van der Waals surface area contributed by atoms with Crippen molar-refractivity contribution in [3.63, 3.8) is 0 Å². The van der Waals surface area contributed by atoms with Crippen LogP contribution < -0.4 is 5.73 Å². The van der Waals surface area contributed by atoms with Crippen LogP contribution in [0.2, 0.25) is 0 Å². The van der Waals surface area contributed by atoms with Crippen LogP contribution in [0.15, 0.2) is 47.4 Å². The largest absolute Gasteiger partial charge is 0.398 e. The first kappa shape index (κ1) is 14.0. The van der Waals surface area contributed by atoms with E-state index in [-0.39, 0.29) is 4.75 Å². The van der Waals surface area contributed by atoms with Gasteiger partial charge in [-0.2, -0.15) is 0 Å². The van der Waals surface area contributed by atoms with E-state index >= 15 is 0 Å². The number of benzene rings is 2. The van der Waals surface area contributed by atoms with Gasteiger partial charge in [-0.25, -0.2) is 0 Å². The van der Waals surface area contributed by atoms with E-state index in [4.69, 9.17) is 5.73 Å². The average Bonchev–Trinajstić information content (AvgIpc) is 2.36. The maximum absolute atomic E-state index is 6.04. The van der Waals surface area contributed by atoms with Crippen molar-refractivity contribution in [3.8, 4) is 0 Å². The molecular weight excluding hydrogens is 250 g/mol. The third-order valence-corrected chi connectivity index (χ3v) is 4.66. The lowest BCUT2D eigenvalue weighted by molar-refractivity contribution is 0.779. The quantitative estimate of drug-likeness (QED) is 0.634. The molecule has 0 atom stereocenters. The van der Waals surface area contributed by atoms with Crippen LogP contribution in [0.4, 0.5) is 5.69 Å². The molecule has 2 aromatic carbocycles. The Kier molecular flexibility index (Phi) is 3.91. The van der Waals surface area contributed by atoms with Crippen LogP contribution in [0, 0.1) is 13.8 Å². The third kappa shape index (κ3) is 3.13. The Bertz CT molecular complexity index is 550. The predicted molar refractivity (Wildman–Crippen MR) is 85.7 cm³/mol. The Morgan fingerprint density at radius 3 is 2.00 bits per heavy atom. The second kappa shape index (κ2) is 5.30. The molecule has 0 radical (unpaired) electrons. The van der Waals surface area contributed by atoms with Crippen molar-refractivity contribution in [2.75, 3.05) is 5.73 Å². The van der Waals surface area contributed by atoms with E-state index in [1.165, 1.54) is 10.5 Å². The van der Waals surface area contributed by atoms with E-state index in [2.05, 4.69) is 70.2 Å². The lowest BCUT2D eigenvalue weighted by atomic mass is 9.96. The molecule has 0 heterocycles. The monoisotopic (exact) mass is 271 g/mol. The molecule has 0 aromatic heterocycles. The summed E-state index contributed by atoms with van der Waals surface area (Å²) in [6, 6.07) is 14.9. The molecule has 100 valence electrons. The minimum absolute atomic E-state index is 0.0323. The van der Waals surface area contributed by atoms with Gasteiger partial charge < -0.3 is 5.73 Å². The SMILES string of the molecule is Cc1cc(C(C)(C)Sc2ccccc2)cc(C)c1N. The topological polar surface area (TPSA) is 26.0 Å². The zero-order valence-electron chi connectivity index (χ0n) is 12.0. The summed E-state index contributed by atoms with van der Waals surface area (Å²) in [5, 5.41) is 0. The van der Waals surface area contributed by atoms with E-state index < -0.39 is 0 Å². The number of thioether (sulfide) groups is 1. The first-order valence-electron chi connectivity index (χ1n) is 6.51. The highest BCUT2D eigenvalue weighted by Crippen LogP contribution is 2.41. The van der Waals surface area contributed by atoms with Gasteiger partial charge in [-0.15, -0.1) is 11.8 Å². The normalized spacial score (nSPS) is 11.6. The summed E-state index contributed by atoms with van der Waals surface area (Å²) in [6.45, 7) is 8.67. The van der Waals surface area contributed by atoms with Crippen LogP contribution in [-0.2, 0) is 4.75 Å². The molecule has 0 saturated heterocycles. The Morgan fingerprint density at radius 1 is 0.947 bits per heavy atom. The van der Waals surface area contributed by atoms with Crippen molar-refractivity contribution in [1.29, 1.82) is 0 Å². The van der Waals surface area contributed by atoms with Crippen LogP contribution in [-0.4, -0.2) is 0 Å². The highest BCUT2D eigenvalue weighted by molar-refractivity contribution is 8.00. The molecule has 2 rings (SSSR count). The van der Waals surface area contributed by atoms with Gasteiger partial charge in [0.1, 0.15) is 0 Å². The van der Waals surface area contributed by atoms with Crippen molar-refractivity contribution >= 4 is 17.4 Å². The fourth-order valence-electron chi connectivity index (χ4n) is 2.16. The molecule has 2 heteroatoms. The molecule has 19 heavy (non-hydrogen) atoms. The van der Waals surface area contributed by atoms with Crippen molar-refractivity contribution < 1.29 is 0 Å². The molecule has 0 amide bonds. The van der Waals surface area contributed by atoms with Gasteiger partial charge in [0.05, 0.1) is 0 Å². The van der Waals surface area contributed by atoms with Gasteiger partial charge in [0.2, 0.25) is 0 Å². The summed E-state index contributed by atoms with van der Waals surface area (Å²) < 4.78 is 0.0323. The average molecular weight is 271 g/mol. The highest BCUT2D eigenvalue weighted by Gasteiger charge is 2.23. The van der Waals surface area contributed by atoms with E-state index in [0.717, 1.165) is 16.8 Å². The van der Waals surface area contributed by atoms with Crippen molar-refractivity contribution in [3.05, 3.63) is 59.2 Å². The highest BCUT2D eigenvalue weighted by atomic mass is 32.2. The fraction of sp³-hybridized carbons (Fsp3) is 0.294. The zero-order chi connectivity index (χ0) is 14.0. The summed E-state index contributed by atoms with van der Waals surface area (Å²) in [5.41, 5.74) is 10.6. The van der Waals surface area contributed by atoms with Crippen LogP contribution >= 0.6 is 11.8 Å². The number of hydrogen-bond donors (Lipinski definition) is 1. The fourth-order valence-corrected chi connectivity index (χ4v) is 3.28. The Morgan fingerprint density at radius 2 is 1.47 bits per heavy atom. The predicted octanol–water partition coefficient (Wildman–Crippen LogP) is 4.91. The molecule has 0 fully saturated rings. The molecule has 0 aliphatic rings. The standard InChI is InChI=1S/C17H21NS/c1-12-10-14(11-13(2)16(12)18)17(3,4)19-15-8-6-5-7-9-15/h5-11H,18H2,1-4H3. The van der Waals surface area contributed by atoms with Gasteiger partial charge in [0, 0.05) is 15.3 Å². The van der Waals surface area contributed by atoms with E-state index in [1.807, 2.05) is 11.8 Å². The number of aryl methyl sites for hydroxylation is 2. The van der Waals surface area contributed by atoms with Gasteiger partial charge in [-0.3, -0.25) is 0 Å². The van der Waals surface area contributed by atoms with E-state index in [1.54, 1.807) is 0 Å². The van der Waals surface area contributed by atoms with Crippen LogP contribution in [0.5, 0.6) is 0 Å².